The van der Waals surface area contributed by atoms with Gasteiger partial charge in [-0.2, -0.15) is 0 Å². The summed E-state index contributed by atoms with van der Waals surface area (Å²) in [5.41, 5.74) is 0. The highest BCUT2D eigenvalue weighted by Gasteiger charge is 2.32. The van der Waals surface area contributed by atoms with Crippen LogP contribution in [0.3, 0.4) is 0 Å². The number of carboxylic acid groups (broad SMARTS) is 1. The number of nitrogens with zero attached hydrogens (tertiary/aromatic N) is 2. The summed E-state index contributed by atoms with van der Waals surface area (Å²) in [5, 5.41) is 8.99. The summed E-state index contributed by atoms with van der Waals surface area (Å²) in [5.74, 6) is -0.685. The van der Waals surface area contributed by atoms with Crippen molar-refractivity contribution in [2.75, 3.05) is 26.7 Å². The summed E-state index contributed by atoms with van der Waals surface area (Å²) in [6.07, 6.45) is 1.77. The summed E-state index contributed by atoms with van der Waals surface area (Å²) < 4.78 is 0. The molecule has 4 nitrogen and oxygen atoms in total. The molecular formula is C11H22N2O2. The monoisotopic (exact) mass is 214 g/mol. The molecule has 88 valence electrons. The number of piperidine rings is 1. The van der Waals surface area contributed by atoms with Crippen LogP contribution in [0.25, 0.3) is 0 Å². The Morgan fingerprint density at radius 1 is 1.40 bits per heavy atom. The lowest BCUT2D eigenvalue weighted by Gasteiger charge is -2.40. The molecule has 2 atom stereocenters. The van der Waals surface area contributed by atoms with E-state index in [-0.39, 0.29) is 6.04 Å². The quantitative estimate of drug-likeness (QED) is 0.754. The fourth-order valence-corrected chi connectivity index (χ4v) is 2.47. The standard InChI is InChI=1S/C11H22N2O2/c1-4-13(5-2)9-6-7-10(11(14)15)12(3)8-9/h9-10H,4-8H2,1-3H3,(H,14,15). The fourth-order valence-electron chi connectivity index (χ4n) is 2.47. The predicted octanol–water partition coefficient (Wildman–Crippen LogP) is 0.876. The molecule has 1 heterocycles. The molecule has 0 bridgehead atoms. The second kappa shape index (κ2) is 5.47. The third kappa shape index (κ3) is 2.92. The highest BCUT2D eigenvalue weighted by molar-refractivity contribution is 5.73. The van der Waals surface area contributed by atoms with Crippen LogP contribution in [0.2, 0.25) is 0 Å². The van der Waals surface area contributed by atoms with Gasteiger partial charge < -0.3 is 5.11 Å². The van der Waals surface area contributed by atoms with E-state index in [0.29, 0.717) is 6.04 Å². The minimum Gasteiger partial charge on any atom is -0.480 e. The highest BCUT2D eigenvalue weighted by Crippen LogP contribution is 2.19. The molecule has 1 saturated heterocycles. The Bertz CT molecular complexity index is 217. The number of hydrogen-bond acceptors (Lipinski definition) is 3. The number of hydrogen-bond donors (Lipinski definition) is 1. The molecule has 0 aromatic carbocycles. The molecule has 0 aromatic heterocycles. The summed E-state index contributed by atoms with van der Waals surface area (Å²) >= 11 is 0. The lowest BCUT2D eigenvalue weighted by atomic mass is 9.98. The number of likely N-dealkylation sites (tertiary alicyclic amines) is 1. The molecule has 1 aliphatic rings. The Balaban J connectivity index is 2.53. The second-order valence-electron chi connectivity index (χ2n) is 4.25. The molecule has 0 aliphatic carbocycles. The van der Waals surface area contributed by atoms with E-state index < -0.39 is 5.97 Å². The molecule has 0 saturated carbocycles. The zero-order valence-electron chi connectivity index (χ0n) is 9.94. The zero-order chi connectivity index (χ0) is 11.4. The first kappa shape index (κ1) is 12.5. The fraction of sp³-hybridized carbons (Fsp3) is 0.909. The summed E-state index contributed by atoms with van der Waals surface area (Å²) in [4.78, 5) is 15.3. The smallest absolute Gasteiger partial charge is 0.320 e. The van der Waals surface area contributed by atoms with E-state index in [0.717, 1.165) is 32.5 Å². The molecule has 1 N–H and O–H groups in total. The minimum absolute atomic E-state index is 0.281. The average Bonchev–Trinajstić information content (AvgIpc) is 2.19. The molecule has 1 rings (SSSR count). The van der Waals surface area contributed by atoms with Gasteiger partial charge in [0.15, 0.2) is 0 Å². The number of rotatable bonds is 4. The summed E-state index contributed by atoms with van der Waals surface area (Å²) in [6, 6.07) is 0.248. The first-order valence-electron chi connectivity index (χ1n) is 5.77. The van der Waals surface area contributed by atoms with Crippen LogP contribution < -0.4 is 0 Å². The SMILES string of the molecule is CCN(CC)C1CCC(C(=O)O)N(C)C1. The van der Waals surface area contributed by atoms with Gasteiger partial charge in [-0.1, -0.05) is 13.8 Å². The Labute approximate surface area is 91.9 Å². The van der Waals surface area contributed by atoms with E-state index in [2.05, 4.69) is 18.7 Å². The highest BCUT2D eigenvalue weighted by atomic mass is 16.4. The van der Waals surface area contributed by atoms with Crippen LogP contribution in [-0.4, -0.2) is 59.6 Å². The van der Waals surface area contributed by atoms with Crippen molar-refractivity contribution in [2.45, 2.75) is 38.8 Å². The number of aliphatic carboxylic acids is 1. The normalized spacial score (nSPS) is 28.3. The van der Waals surface area contributed by atoms with E-state index in [1.165, 1.54) is 0 Å². The van der Waals surface area contributed by atoms with Crippen LogP contribution in [0, 0.1) is 0 Å². The van der Waals surface area contributed by atoms with Crippen molar-refractivity contribution < 1.29 is 9.90 Å². The van der Waals surface area contributed by atoms with Crippen LogP contribution in [0.1, 0.15) is 26.7 Å². The van der Waals surface area contributed by atoms with Crippen LogP contribution in [0.5, 0.6) is 0 Å². The van der Waals surface area contributed by atoms with E-state index in [4.69, 9.17) is 5.11 Å². The van der Waals surface area contributed by atoms with Gasteiger partial charge in [-0.3, -0.25) is 14.6 Å². The van der Waals surface area contributed by atoms with Crippen molar-refractivity contribution in [1.82, 2.24) is 9.80 Å². The van der Waals surface area contributed by atoms with E-state index in [1.807, 2.05) is 11.9 Å². The van der Waals surface area contributed by atoms with Crippen molar-refractivity contribution in [2.24, 2.45) is 0 Å². The zero-order valence-corrected chi connectivity index (χ0v) is 9.94. The topological polar surface area (TPSA) is 43.8 Å². The molecule has 1 fully saturated rings. The molecule has 2 unspecified atom stereocenters. The van der Waals surface area contributed by atoms with Crippen molar-refractivity contribution >= 4 is 5.97 Å². The maximum Gasteiger partial charge on any atom is 0.320 e. The maximum absolute atomic E-state index is 10.9. The van der Waals surface area contributed by atoms with Gasteiger partial charge in [0.05, 0.1) is 0 Å². The van der Waals surface area contributed by atoms with Gasteiger partial charge >= 0.3 is 5.97 Å². The van der Waals surface area contributed by atoms with Crippen LogP contribution in [0.15, 0.2) is 0 Å². The molecular weight excluding hydrogens is 192 g/mol. The van der Waals surface area contributed by atoms with Crippen LogP contribution in [0.4, 0.5) is 0 Å². The van der Waals surface area contributed by atoms with Gasteiger partial charge in [0.2, 0.25) is 0 Å². The lowest BCUT2D eigenvalue weighted by Crippen LogP contribution is -2.52. The molecule has 0 aromatic rings. The predicted molar refractivity (Wildman–Crippen MR) is 60.0 cm³/mol. The Kier molecular flexibility index (Phi) is 4.54. The van der Waals surface area contributed by atoms with Crippen molar-refractivity contribution in [3.05, 3.63) is 0 Å². The third-order valence-electron chi connectivity index (χ3n) is 3.42. The van der Waals surface area contributed by atoms with Gasteiger partial charge in [-0.25, -0.2) is 0 Å². The van der Waals surface area contributed by atoms with E-state index in [1.54, 1.807) is 0 Å². The Morgan fingerprint density at radius 2 is 2.00 bits per heavy atom. The second-order valence-corrected chi connectivity index (χ2v) is 4.25. The lowest BCUT2D eigenvalue weighted by molar-refractivity contribution is -0.144. The summed E-state index contributed by atoms with van der Waals surface area (Å²) in [6.45, 7) is 7.29. The van der Waals surface area contributed by atoms with Gasteiger partial charge in [-0.15, -0.1) is 0 Å². The largest absolute Gasteiger partial charge is 0.480 e. The van der Waals surface area contributed by atoms with Crippen LogP contribution in [-0.2, 0) is 4.79 Å². The van der Waals surface area contributed by atoms with Crippen molar-refractivity contribution in [3.63, 3.8) is 0 Å². The van der Waals surface area contributed by atoms with Gasteiger partial charge in [0, 0.05) is 12.6 Å². The van der Waals surface area contributed by atoms with E-state index in [9.17, 15) is 4.79 Å². The average molecular weight is 214 g/mol. The van der Waals surface area contributed by atoms with Gasteiger partial charge in [0.1, 0.15) is 6.04 Å². The number of carboxylic acids is 1. The van der Waals surface area contributed by atoms with Crippen molar-refractivity contribution in [3.8, 4) is 0 Å². The molecule has 0 amide bonds. The molecule has 4 heteroatoms. The van der Waals surface area contributed by atoms with Gasteiger partial charge in [-0.05, 0) is 33.0 Å². The Morgan fingerprint density at radius 3 is 2.40 bits per heavy atom. The van der Waals surface area contributed by atoms with E-state index >= 15 is 0 Å². The summed E-state index contributed by atoms with van der Waals surface area (Å²) in [7, 11) is 1.91. The molecule has 15 heavy (non-hydrogen) atoms. The number of carbonyl (C=O) groups is 1. The number of likely N-dealkylation sites (N-methyl/N-ethyl adjacent to an activating group) is 2. The Hall–Kier alpha value is -0.610. The van der Waals surface area contributed by atoms with Crippen molar-refractivity contribution in [1.29, 1.82) is 0 Å². The minimum atomic E-state index is -0.685. The van der Waals surface area contributed by atoms with Crippen LogP contribution >= 0.6 is 0 Å². The third-order valence-corrected chi connectivity index (χ3v) is 3.42. The maximum atomic E-state index is 10.9. The first-order valence-corrected chi connectivity index (χ1v) is 5.77. The first-order chi connectivity index (χ1) is 7.10. The van der Waals surface area contributed by atoms with Gasteiger partial charge in [0.25, 0.3) is 0 Å². The molecule has 0 spiro atoms. The molecule has 0 radical (unpaired) electrons. The molecule has 1 aliphatic heterocycles.